The van der Waals surface area contributed by atoms with Gasteiger partial charge in [0, 0.05) is 6.20 Å². The first-order valence-electron chi connectivity index (χ1n) is 4.08. The van der Waals surface area contributed by atoms with Crippen molar-refractivity contribution in [2.45, 2.75) is 19.0 Å². The molecule has 0 spiro atoms. The Labute approximate surface area is 87.3 Å². The molecule has 1 aromatic heterocycles. The first kappa shape index (κ1) is 12.4. The van der Waals surface area contributed by atoms with Gasteiger partial charge in [-0.25, -0.2) is 8.78 Å². The van der Waals surface area contributed by atoms with E-state index in [1.54, 1.807) is 0 Å². The molecular formula is C9H5F5N2. The van der Waals surface area contributed by atoms with Gasteiger partial charge in [-0.05, 0) is 11.6 Å². The van der Waals surface area contributed by atoms with Gasteiger partial charge in [0.25, 0.3) is 6.43 Å². The van der Waals surface area contributed by atoms with Crippen molar-refractivity contribution in [3.63, 3.8) is 0 Å². The van der Waals surface area contributed by atoms with E-state index in [0.29, 0.717) is 0 Å². The lowest BCUT2D eigenvalue weighted by Gasteiger charge is -2.14. The van der Waals surface area contributed by atoms with Crippen LogP contribution in [0, 0.1) is 11.3 Å². The first-order valence-corrected chi connectivity index (χ1v) is 4.08. The van der Waals surface area contributed by atoms with Gasteiger partial charge >= 0.3 is 6.18 Å². The predicted octanol–water partition coefficient (Wildman–Crippen LogP) is 3.10. The molecule has 0 saturated heterocycles. The summed E-state index contributed by atoms with van der Waals surface area (Å²) in [5, 5.41) is 8.31. The highest BCUT2D eigenvalue weighted by Gasteiger charge is 2.39. The highest BCUT2D eigenvalue weighted by Crippen LogP contribution is 2.37. The maximum absolute atomic E-state index is 12.5. The second-order valence-corrected chi connectivity index (χ2v) is 2.86. The molecule has 1 heterocycles. The first-order chi connectivity index (χ1) is 7.38. The lowest BCUT2D eigenvalue weighted by Crippen LogP contribution is -2.14. The third-order valence-electron chi connectivity index (χ3n) is 1.83. The van der Waals surface area contributed by atoms with Gasteiger partial charge in [0.05, 0.1) is 18.1 Å². The molecule has 86 valence electrons. The summed E-state index contributed by atoms with van der Waals surface area (Å²) in [5.41, 5.74) is -3.33. The van der Waals surface area contributed by atoms with Crippen LogP contribution < -0.4 is 0 Å². The summed E-state index contributed by atoms with van der Waals surface area (Å²) in [6.07, 6.45) is -8.01. The molecule has 0 aliphatic rings. The van der Waals surface area contributed by atoms with E-state index in [0.717, 1.165) is 12.3 Å². The minimum Gasteiger partial charge on any atom is -0.255 e. The van der Waals surface area contributed by atoms with E-state index < -0.39 is 35.8 Å². The summed E-state index contributed by atoms with van der Waals surface area (Å²) in [5.74, 6) is 0. The zero-order valence-electron chi connectivity index (χ0n) is 7.72. The standard InChI is InChI=1S/C9H5F5N2/c10-8(11)7-6(9(12,13)14)5(1-3-15)2-4-16-7/h2,4,8H,1H2. The zero-order valence-corrected chi connectivity index (χ0v) is 7.72. The van der Waals surface area contributed by atoms with Crippen LogP contribution in [0.5, 0.6) is 0 Å². The molecule has 0 bridgehead atoms. The van der Waals surface area contributed by atoms with Crippen molar-refractivity contribution >= 4 is 0 Å². The lowest BCUT2D eigenvalue weighted by atomic mass is 10.0. The van der Waals surface area contributed by atoms with E-state index in [2.05, 4.69) is 4.98 Å². The van der Waals surface area contributed by atoms with Crippen molar-refractivity contribution in [1.29, 1.82) is 5.26 Å². The summed E-state index contributed by atoms with van der Waals surface area (Å²) in [7, 11) is 0. The van der Waals surface area contributed by atoms with Crippen molar-refractivity contribution in [2.75, 3.05) is 0 Å². The Kier molecular flexibility index (Phi) is 3.42. The fraction of sp³-hybridized carbons (Fsp3) is 0.333. The number of aromatic nitrogens is 1. The van der Waals surface area contributed by atoms with Crippen molar-refractivity contribution in [2.24, 2.45) is 0 Å². The van der Waals surface area contributed by atoms with Crippen LogP contribution in [-0.4, -0.2) is 4.98 Å². The molecule has 0 aliphatic carbocycles. The second-order valence-electron chi connectivity index (χ2n) is 2.86. The molecule has 0 saturated carbocycles. The molecule has 1 rings (SSSR count). The van der Waals surface area contributed by atoms with Gasteiger partial charge in [-0.2, -0.15) is 18.4 Å². The van der Waals surface area contributed by atoms with Gasteiger partial charge in [-0.15, -0.1) is 0 Å². The molecule has 0 N–H and O–H groups in total. The van der Waals surface area contributed by atoms with Crippen LogP contribution in [0.15, 0.2) is 12.3 Å². The molecule has 0 unspecified atom stereocenters. The van der Waals surface area contributed by atoms with Crippen LogP contribution in [0.1, 0.15) is 23.2 Å². The van der Waals surface area contributed by atoms with E-state index in [1.807, 2.05) is 0 Å². The average Bonchev–Trinajstić information content (AvgIpc) is 2.16. The number of alkyl halides is 5. The van der Waals surface area contributed by atoms with Crippen LogP contribution in [0.4, 0.5) is 22.0 Å². The minimum atomic E-state index is -4.94. The molecule has 0 aliphatic heterocycles. The SMILES string of the molecule is N#CCc1ccnc(C(F)F)c1C(F)(F)F. The Morgan fingerprint density at radius 3 is 2.44 bits per heavy atom. The number of nitriles is 1. The molecule has 0 atom stereocenters. The number of hydrogen-bond donors (Lipinski definition) is 0. The number of hydrogen-bond acceptors (Lipinski definition) is 2. The zero-order chi connectivity index (χ0) is 12.3. The normalized spacial score (nSPS) is 11.6. The Hall–Kier alpha value is -1.71. The largest absolute Gasteiger partial charge is 0.418 e. The van der Waals surface area contributed by atoms with Crippen LogP contribution in [0.3, 0.4) is 0 Å². The summed E-state index contributed by atoms with van der Waals surface area (Å²) in [4.78, 5) is 3.01. The maximum atomic E-state index is 12.5. The molecule has 1 aromatic rings. The van der Waals surface area contributed by atoms with Crippen molar-refractivity contribution in [3.05, 3.63) is 29.1 Å². The summed E-state index contributed by atoms with van der Waals surface area (Å²) >= 11 is 0. The van der Waals surface area contributed by atoms with E-state index in [9.17, 15) is 22.0 Å². The van der Waals surface area contributed by atoms with E-state index >= 15 is 0 Å². The Bertz CT molecular complexity index is 419. The third-order valence-corrected chi connectivity index (χ3v) is 1.83. The van der Waals surface area contributed by atoms with Crippen molar-refractivity contribution in [3.8, 4) is 6.07 Å². The van der Waals surface area contributed by atoms with Crippen molar-refractivity contribution < 1.29 is 22.0 Å². The summed E-state index contributed by atoms with van der Waals surface area (Å²) < 4.78 is 62.2. The van der Waals surface area contributed by atoms with Crippen LogP contribution in [0.2, 0.25) is 0 Å². The quantitative estimate of drug-likeness (QED) is 0.740. The van der Waals surface area contributed by atoms with Gasteiger partial charge < -0.3 is 0 Å². The van der Waals surface area contributed by atoms with Crippen LogP contribution in [0.25, 0.3) is 0 Å². The van der Waals surface area contributed by atoms with Gasteiger partial charge in [0.15, 0.2) is 0 Å². The van der Waals surface area contributed by atoms with E-state index in [4.69, 9.17) is 5.26 Å². The smallest absolute Gasteiger partial charge is 0.255 e. The van der Waals surface area contributed by atoms with Crippen molar-refractivity contribution in [1.82, 2.24) is 4.98 Å². The lowest BCUT2D eigenvalue weighted by molar-refractivity contribution is -0.140. The van der Waals surface area contributed by atoms with Crippen LogP contribution >= 0.6 is 0 Å². The molecule has 7 heteroatoms. The molecule has 0 fully saturated rings. The minimum absolute atomic E-state index is 0.486. The predicted molar refractivity (Wildman–Crippen MR) is 43.5 cm³/mol. The average molecular weight is 236 g/mol. The Morgan fingerprint density at radius 1 is 1.38 bits per heavy atom. The maximum Gasteiger partial charge on any atom is 0.418 e. The van der Waals surface area contributed by atoms with Gasteiger partial charge in [0.2, 0.25) is 0 Å². The highest BCUT2D eigenvalue weighted by atomic mass is 19.4. The fourth-order valence-electron chi connectivity index (χ4n) is 1.25. The third kappa shape index (κ3) is 2.45. The number of halogens is 5. The number of pyridine rings is 1. The molecular weight excluding hydrogens is 231 g/mol. The fourth-order valence-corrected chi connectivity index (χ4v) is 1.25. The molecule has 16 heavy (non-hydrogen) atoms. The Balaban J connectivity index is 3.42. The van der Waals surface area contributed by atoms with Gasteiger partial charge in [-0.1, -0.05) is 0 Å². The molecule has 2 nitrogen and oxygen atoms in total. The summed E-state index contributed by atoms with van der Waals surface area (Å²) in [6, 6.07) is 2.40. The van der Waals surface area contributed by atoms with Crippen LogP contribution in [-0.2, 0) is 12.6 Å². The summed E-state index contributed by atoms with van der Waals surface area (Å²) in [6.45, 7) is 0. The Morgan fingerprint density at radius 2 is 2.00 bits per heavy atom. The van der Waals surface area contributed by atoms with E-state index in [-0.39, 0.29) is 0 Å². The number of rotatable bonds is 2. The van der Waals surface area contributed by atoms with Gasteiger partial charge in [0.1, 0.15) is 5.69 Å². The van der Waals surface area contributed by atoms with E-state index in [1.165, 1.54) is 6.07 Å². The second kappa shape index (κ2) is 4.43. The van der Waals surface area contributed by atoms with Gasteiger partial charge in [-0.3, -0.25) is 4.98 Å². The molecule has 0 radical (unpaired) electrons. The monoisotopic (exact) mass is 236 g/mol. The molecule has 0 amide bonds. The topological polar surface area (TPSA) is 36.7 Å². The number of nitrogens with zero attached hydrogens (tertiary/aromatic N) is 2. The highest BCUT2D eigenvalue weighted by molar-refractivity contribution is 5.35. The molecule has 0 aromatic carbocycles.